The highest BCUT2D eigenvalue weighted by Gasteiger charge is 2.07. The summed E-state index contributed by atoms with van der Waals surface area (Å²) in [4.78, 5) is 1.25. The van der Waals surface area contributed by atoms with Gasteiger partial charge >= 0.3 is 0 Å². The van der Waals surface area contributed by atoms with Crippen LogP contribution in [-0.4, -0.2) is 6.61 Å². The van der Waals surface area contributed by atoms with Gasteiger partial charge < -0.3 is 4.74 Å². The molecular weight excluding hydrogens is 336 g/mol. The average Bonchev–Trinajstić information content (AvgIpc) is 3.15. The quantitative estimate of drug-likeness (QED) is 0.285. The third-order valence-corrected chi connectivity index (χ3v) is 5.87. The fourth-order valence-electron chi connectivity index (χ4n) is 3.34. The molecule has 0 saturated heterocycles. The van der Waals surface area contributed by atoms with Gasteiger partial charge in [0.2, 0.25) is 0 Å². The second kappa shape index (κ2) is 13.9. The van der Waals surface area contributed by atoms with Gasteiger partial charge in [0, 0.05) is 0 Å². The van der Waals surface area contributed by atoms with Crippen LogP contribution < -0.4 is 4.74 Å². The smallest absolute Gasteiger partial charge is 0.137 e. The molecule has 1 aromatic carbocycles. The number of benzene rings is 1. The summed E-state index contributed by atoms with van der Waals surface area (Å²) in [5.41, 5.74) is 1.26. The van der Waals surface area contributed by atoms with E-state index < -0.39 is 0 Å². The second-order valence-electron chi connectivity index (χ2n) is 7.22. The first kappa shape index (κ1) is 21.0. The van der Waals surface area contributed by atoms with E-state index in [4.69, 9.17) is 4.74 Å². The number of ether oxygens (including phenoxy) is 1. The molecule has 0 aliphatic rings. The minimum Gasteiger partial charge on any atom is -0.492 e. The first-order valence-electron chi connectivity index (χ1n) is 10.7. The molecule has 144 valence electrons. The Morgan fingerprint density at radius 1 is 0.692 bits per heavy atom. The molecule has 0 radical (unpaired) electrons. The molecule has 26 heavy (non-hydrogen) atoms. The van der Waals surface area contributed by atoms with E-state index in [-0.39, 0.29) is 0 Å². The van der Waals surface area contributed by atoms with Gasteiger partial charge in [0.05, 0.1) is 11.5 Å². The SMILES string of the molecule is CCCCCCCCCCCCCCOc1ccsc1-c1ccccc1. The van der Waals surface area contributed by atoms with Gasteiger partial charge in [-0.2, -0.15) is 0 Å². The predicted molar refractivity (Wildman–Crippen MR) is 116 cm³/mol. The summed E-state index contributed by atoms with van der Waals surface area (Å²) in [5, 5.41) is 2.12. The zero-order valence-corrected chi connectivity index (χ0v) is 17.4. The molecule has 0 amide bonds. The predicted octanol–water partition coefficient (Wildman–Crippen LogP) is 8.50. The number of hydrogen-bond donors (Lipinski definition) is 0. The molecule has 2 heteroatoms. The van der Waals surface area contributed by atoms with Gasteiger partial charge in [0.15, 0.2) is 0 Å². The maximum absolute atomic E-state index is 6.03. The van der Waals surface area contributed by atoms with Crippen LogP contribution in [-0.2, 0) is 0 Å². The van der Waals surface area contributed by atoms with E-state index in [0.717, 1.165) is 12.4 Å². The van der Waals surface area contributed by atoms with Crippen molar-refractivity contribution in [2.75, 3.05) is 6.61 Å². The van der Waals surface area contributed by atoms with Crippen LogP contribution in [0.15, 0.2) is 41.8 Å². The number of rotatable bonds is 15. The molecule has 0 saturated carbocycles. The Morgan fingerprint density at radius 3 is 1.88 bits per heavy atom. The van der Waals surface area contributed by atoms with Gasteiger partial charge in [-0.15, -0.1) is 11.3 Å². The standard InChI is InChI=1S/C24H36OS/c1-2-3-4-5-6-7-8-9-10-11-12-16-20-25-23-19-21-26-24(23)22-17-14-13-15-18-22/h13-15,17-19,21H,2-12,16,20H2,1H3. The first-order valence-corrected chi connectivity index (χ1v) is 11.6. The number of hydrogen-bond acceptors (Lipinski definition) is 2. The highest BCUT2D eigenvalue weighted by Crippen LogP contribution is 2.35. The van der Waals surface area contributed by atoms with Gasteiger partial charge in [-0.25, -0.2) is 0 Å². The molecule has 0 spiro atoms. The van der Waals surface area contributed by atoms with E-state index in [1.54, 1.807) is 11.3 Å². The molecule has 0 atom stereocenters. The fourth-order valence-corrected chi connectivity index (χ4v) is 4.18. The van der Waals surface area contributed by atoms with E-state index in [9.17, 15) is 0 Å². The van der Waals surface area contributed by atoms with Crippen LogP contribution in [0, 0.1) is 0 Å². The van der Waals surface area contributed by atoms with Gasteiger partial charge in [0.25, 0.3) is 0 Å². The van der Waals surface area contributed by atoms with Crippen LogP contribution in [0.1, 0.15) is 84.0 Å². The number of unbranched alkanes of at least 4 members (excludes halogenated alkanes) is 11. The van der Waals surface area contributed by atoms with Gasteiger partial charge in [0.1, 0.15) is 5.75 Å². The number of thiophene rings is 1. The Labute approximate surface area is 164 Å². The van der Waals surface area contributed by atoms with Gasteiger partial charge in [-0.1, -0.05) is 108 Å². The second-order valence-corrected chi connectivity index (χ2v) is 8.13. The Balaban J connectivity index is 1.46. The zero-order valence-electron chi connectivity index (χ0n) is 16.6. The summed E-state index contributed by atoms with van der Waals surface area (Å²) < 4.78 is 6.03. The summed E-state index contributed by atoms with van der Waals surface area (Å²) in [6.07, 6.45) is 16.6. The lowest BCUT2D eigenvalue weighted by atomic mass is 10.1. The van der Waals surface area contributed by atoms with Crippen LogP contribution in [0.3, 0.4) is 0 Å². The van der Waals surface area contributed by atoms with Crippen LogP contribution >= 0.6 is 11.3 Å². The largest absolute Gasteiger partial charge is 0.492 e. The molecule has 1 heterocycles. The summed E-state index contributed by atoms with van der Waals surface area (Å²) in [5.74, 6) is 1.05. The molecule has 1 aromatic heterocycles. The molecule has 0 N–H and O–H groups in total. The molecule has 1 nitrogen and oxygen atoms in total. The Bertz CT molecular complexity index is 561. The topological polar surface area (TPSA) is 9.23 Å². The van der Waals surface area contributed by atoms with Gasteiger partial charge in [-0.3, -0.25) is 0 Å². The molecule has 0 aliphatic carbocycles. The molecule has 0 fully saturated rings. The lowest BCUT2D eigenvalue weighted by Gasteiger charge is -2.07. The maximum Gasteiger partial charge on any atom is 0.137 e. The van der Waals surface area contributed by atoms with Crippen molar-refractivity contribution in [1.82, 2.24) is 0 Å². The van der Waals surface area contributed by atoms with E-state index in [1.807, 2.05) is 0 Å². The third-order valence-electron chi connectivity index (χ3n) is 4.92. The van der Waals surface area contributed by atoms with E-state index in [0.29, 0.717) is 0 Å². The molecule has 0 unspecified atom stereocenters. The molecule has 0 aliphatic heterocycles. The average molecular weight is 373 g/mol. The van der Waals surface area contributed by atoms with Crippen molar-refractivity contribution in [2.45, 2.75) is 84.0 Å². The maximum atomic E-state index is 6.03. The van der Waals surface area contributed by atoms with Crippen molar-refractivity contribution in [1.29, 1.82) is 0 Å². The summed E-state index contributed by atoms with van der Waals surface area (Å²) in [6, 6.07) is 12.6. The Hall–Kier alpha value is -1.28. The van der Waals surface area contributed by atoms with E-state index in [1.165, 1.54) is 87.5 Å². The normalized spacial score (nSPS) is 11.0. The van der Waals surface area contributed by atoms with Crippen molar-refractivity contribution in [3.8, 4) is 16.2 Å². The lowest BCUT2D eigenvalue weighted by Crippen LogP contribution is -1.97. The first-order chi connectivity index (χ1) is 12.9. The lowest BCUT2D eigenvalue weighted by molar-refractivity contribution is 0.306. The molecule has 0 bridgehead atoms. The van der Waals surface area contributed by atoms with E-state index in [2.05, 4.69) is 48.7 Å². The molecular formula is C24H36OS. The van der Waals surface area contributed by atoms with Crippen molar-refractivity contribution in [2.24, 2.45) is 0 Å². The minimum absolute atomic E-state index is 0.841. The van der Waals surface area contributed by atoms with Crippen LogP contribution in [0.2, 0.25) is 0 Å². The monoisotopic (exact) mass is 372 g/mol. The van der Waals surface area contributed by atoms with Crippen molar-refractivity contribution in [3.63, 3.8) is 0 Å². The van der Waals surface area contributed by atoms with Crippen molar-refractivity contribution < 1.29 is 4.74 Å². The van der Waals surface area contributed by atoms with Crippen LogP contribution in [0.25, 0.3) is 10.4 Å². The Morgan fingerprint density at radius 2 is 1.27 bits per heavy atom. The fraction of sp³-hybridized carbons (Fsp3) is 0.583. The molecule has 2 rings (SSSR count). The molecule has 2 aromatic rings. The summed E-state index contributed by atoms with van der Waals surface area (Å²) >= 11 is 1.76. The zero-order chi connectivity index (χ0) is 18.3. The highest BCUT2D eigenvalue weighted by atomic mass is 32.1. The van der Waals surface area contributed by atoms with E-state index >= 15 is 0 Å². The highest BCUT2D eigenvalue weighted by molar-refractivity contribution is 7.14. The van der Waals surface area contributed by atoms with Crippen molar-refractivity contribution >= 4 is 11.3 Å². The van der Waals surface area contributed by atoms with Crippen LogP contribution in [0.4, 0.5) is 0 Å². The summed E-state index contributed by atoms with van der Waals surface area (Å²) in [7, 11) is 0. The Kier molecular flexibility index (Phi) is 11.2. The minimum atomic E-state index is 0.841. The van der Waals surface area contributed by atoms with Gasteiger partial charge in [-0.05, 0) is 23.4 Å². The third kappa shape index (κ3) is 8.40. The van der Waals surface area contributed by atoms with Crippen LogP contribution in [0.5, 0.6) is 5.75 Å². The summed E-state index contributed by atoms with van der Waals surface area (Å²) in [6.45, 7) is 3.13. The van der Waals surface area contributed by atoms with Crippen molar-refractivity contribution in [3.05, 3.63) is 41.8 Å².